The van der Waals surface area contributed by atoms with Crippen LogP contribution in [-0.4, -0.2) is 46.4 Å². The summed E-state index contributed by atoms with van der Waals surface area (Å²) < 4.78 is 7.98. The minimum absolute atomic E-state index is 0. The van der Waals surface area contributed by atoms with Crippen molar-refractivity contribution in [1.82, 2.24) is 19.6 Å². The Labute approximate surface area is 183 Å². The number of hydrogen-bond acceptors (Lipinski definition) is 4. The first-order valence-corrected chi connectivity index (χ1v) is 9.26. The van der Waals surface area contributed by atoms with Gasteiger partial charge in [-0.15, -0.1) is 24.8 Å². The third-order valence-electron chi connectivity index (χ3n) is 5.12. The molecule has 156 valence electrons. The SMILES string of the molecule is Cc1cccn2cc(COc3ccccc3C(=O)N(C)C3CCNC3)nc12.Cl.Cl. The highest BCUT2D eigenvalue weighted by Gasteiger charge is 2.25. The summed E-state index contributed by atoms with van der Waals surface area (Å²) in [5.74, 6) is 0.583. The van der Waals surface area contributed by atoms with Gasteiger partial charge in [0.2, 0.25) is 0 Å². The lowest BCUT2D eigenvalue weighted by atomic mass is 10.1. The summed E-state index contributed by atoms with van der Waals surface area (Å²) in [6, 6.07) is 11.7. The van der Waals surface area contributed by atoms with E-state index in [1.165, 1.54) is 0 Å². The molecule has 0 radical (unpaired) electrons. The number of carbonyl (C=O) groups excluding carboxylic acids is 1. The van der Waals surface area contributed by atoms with Crippen LogP contribution in [0.3, 0.4) is 0 Å². The van der Waals surface area contributed by atoms with Gasteiger partial charge in [0.1, 0.15) is 18.0 Å². The topological polar surface area (TPSA) is 58.9 Å². The molecule has 1 aromatic carbocycles. The summed E-state index contributed by atoms with van der Waals surface area (Å²) in [5, 5.41) is 3.30. The molecule has 1 unspecified atom stereocenters. The number of fused-ring (bicyclic) bond motifs is 1. The van der Waals surface area contributed by atoms with E-state index < -0.39 is 0 Å². The predicted molar refractivity (Wildman–Crippen MR) is 119 cm³/mol. The normalized spacial score (nSPS) is 15.4. The van der Waals surface area contributed by atoms with Crippen molar-refractivity contribution in [1.29, 1.82) is 0 Å². The summed E-state index contributed by atoms with van der Waals surface area (Å²) in [5.41, 5.74) is 3.46. The summed E-state index contributed by atoms with van der Waals surface area (Å²) in [6.45, 7) is 4.15. The Balaban J connectivity index is 0.00000150. The lowest BCUT2D eigenvalue weighted by molar-refractivity contribution is 0.0739. The van der Waals surface area contributed by atoms with Crippen molar-refractivity contribution < 1.29 is 9.53 Å². The maximum absolute atomic E-state index is 12.9. The quantitative estimate of drug-likeness (QED) is 0.664. The number of ether oxygens (including phenoxy) is 1. The second-order valence-electron chi connectivity index (χ2n) is 7.00. The molecule has 0 spiro atoms. The van der Waals surface area contributed by atoms with Gasteiger partial charge < -0.3 is 19.4 Å². The van der Waals surface area contributed by atoms with Crippen molar-refractivity contribution in [2.75, 3.05) is 20.1 Å². The van der Waals surface area contributed by atoms with E-state index in [4.69, 9.17) is 4.74 Å². The second-order valence-corrected chi connectivity index (χ2v) is 7.00. The van der Waals surface area contributed by atoms with Gasteiger partial charge in [-0.25, -0.2) is 4.98 Å². The fourth-order valence-electron chi connectivity index (χ4n) is 3.52. The minimum Gasteiger partial charge on any atom is -0.486 e. The number of aromatic nitrogens is 2. The maximum atomic E-state index is 12.9. The van der Waals surface area contributed by atoms with Crippen LogP contribution in [0.4, 0.5) is 0 Å². The van der Waals surface area contributed by atoms with Crippen molar-refractivity contribution in [2.45, 2.75) is 26.0 Å². The molecule has 0 bridgehead atoms. The zero-order valence-corrected chi connectivity index (χ0v) is 18.1. The van der Waals surface area contributed by atoms with Crippen LogP contribution in [0.15, 0.2) is 48.8 Å². The Bertz CT molecular complexity index is 970. The van der Waals surface area contributed by atoms with Gasteiger partial charge in [0.15, 0.2) is 0 Å². The smallest absolute Gasteiger partial charge is 0.257 e. The third-order valence-corrected chi connectivity index (χ3v) is 5.12. The standard InChI is InChI=1S/C21H24N4O2.2ClH/c1-15-6-5-11-25-13-16(23-20(15)25)14-27-19-8-4-3-7-18(19)21(26)24(2)17-9-10-22-12-17;;/h3-8,11,13,17,22H,9-10,12,14H2,1-2H3;2*1H. The fourth-order valence-corrected chi connectivity index (χ4v) is 3.52. The largest absolute Gasteiger partial charge is 0.486 e. The Morgan fingerprint density at radius 3 is 2.79 bits per heavy atom. The zero-order valence-electron chi connectivity index (χ0n) is 16.5. The Morgan fingerprint density at radius 2 is 2.07 bits per heavy atom. The van der Waals surface area contributed by atoms with Crippen molar-refractivity contribution in [3.05, 3.63) is 65.6 Å². The molecule has 29 heavy (non-hydrogen) atoms. The molecular formula is C21H26Cl2N4O2. The van der Waals surface area contributed by atoms with Gasteiger partial charge >= 0.3 is 0 Å². The van der Waals surface area contributed by atoms with E-state index in [1.807, 2.05) is 72.1 Å². The van der Waals surface area contributed by atoms with Gasteiger partial charge in [0, 0.05) is 32.0 Å². The number of halogens is 2. The van der Waals surface area contributed by atoms with Gasteiger partial charge in [-0.2, -0.15) is 0 Å². The first kappa shape index (κ1) is 23.0. The molecule has 3 aromatic rings. The Morgan fingerprint density at radius 1 is 1.28 bits per heavy atom. The van der Waals surface area contributed by atoms with Gasteiger partial charge in [0.25, 0.3) is 5.91 Å². The Kier molecular flexibility index (Phi) is 7.90. The van der Waals surface area contributed by atoms with E-state index in [-0.39, 0.29) is 36.8 Å². The van der Waals surface area contributed by atoms with E-state index in [0.717, 1.165) is 36.4 Å². The van der Waals surface area contributed by atoms with Crippen molar-refractivity contribution >= 4 is 36.4 Å². The number of amides is 1. The number of hydrogen-bond donors (Lipinski definition) is 1. The van der Waals surface area contributed by atoms with Crippen LogP contribution in [0, 0.1) is 6.92 Å². The molecule has 6 nitrogen and oxygen atoms in total. The molecule has 1 aliphatic heterocycles. The maximum Gasteiger partial charge on any atom is 0.257 e. The fraction of sp³-hybridized carbons (Fsp3) is 0.333. The molecule has 1 aliphatic rings. The van der Waals surface area contributed by atoms with Crippen molar-refractivity contribution in [3.63, 3.8) is 0 Å². The Hall–Kier alpha value is -2.28. The van der Waals surface area contributed by atoms with E-state index in [2.05, 4.69) is 10.3 Å². The number of aryl methyl sites for hydroxylation is 1. The third kappa shape index (κ3) is 4.83. The van der Waals surface area contributed by atoms with Crippen LogP contribution in [0.25, 0.3) is 5.65 Å². The van der Waals surface area contributed by atoms with Gasteiger partial charge in [-0.3, -0.25) is 4.79 Å². The second kappa shape index (κ2) is 9.96. The van der Waals surface area contributed by atoms with Crippen LogP contribution in [0.1, 0.15) is 28.0 Å². The van der Waals surface area contributed by atoms with E-state index in [1.54, 1.807) is 0 Å². The van der Waals surface area contributed by atoms with Gasteiger partial charge in [-0.1, -0.05) is 18.2 Å². The number of imidazole rings is 1. The lowest BCUT2D eigenvalue weighted by Crippen LogP contribution is -2.38. The monoisotopic (exact) mass is 436 g/mol. The van der Waals surface area contributed by atoms with E-state index in [9.17, 15) is 4.79 Å². The van der Waals surface area contributed by atoms with Crippen LogP contribution < -0.4 is 10.1 Å². The number of nitrogens with zero attached hydrogens (tertiary/aromatic N) is 3. The average Bonchev–Trinajstić information content (AvgIpc) is 3.36. The number of carbonyl (C=O) groups is 1. The molecular weight excluding hydrogens is 411 g/mol. The first-order valence-electron chi connectivity index (χ1n) is 9.26. The summed E-state index contributed by atoms with van der Waals surface area (Å²) in [6.07, 6.45) is 4.91. The van der Waals surface area contributed by atoms with Crippen LogP contribution in [0.5, 0.6) is 5.75 Å². The highest BCUT2D eigenvalue weighted by atomic mass is 35.5. The number of para-hydroxylation sites is 1. The summed E-state index contributed by atoms with van der Waals surface area (Å²) >= 11 is 0. The summed E-state index contributed by atoms with van der Waals surface area (Å²) in [7, 11) is 1.86. The van der Waals surface area contributed by atoms with Crippen LogP contribution in [-0.2, 0) is 6.61 Å². The van der Waals surface area contributed by atoms with Crippen molar-refractivity contribution in [2.24, 2.45) is 0 Å². The van der Waals surface area contributed by atoms with E-state index >= 15 is 0 Å². The molecule has 2 aromatic heterocycles. The average molecular weight is 437 g/mol. The number of nitrogens with one attached hydrogen (secondary N) is 1. The van der Waals surface area contributed by atoms with E-state index in [0.29, 0.717) is 17.9 Å². The molecule has 1 fully saturated rings. The van der Waals surface area contributed by atoms with Crippen molar-refractivity contribution in [3.8, 4) is 5.75 Å². The zero-order chi connectivity index (χ0) is 18.8. The molecule has 3 heterocycles. The molecule has 1 atom stereocenters. The molecule has 0 aliphatic carbocycles. The minimum atomic E-state index is -0.00912. The number of pyridine rings is 1. The number of rotatable bonds is 5. The molecule has 8 heteroatoms. The van der Waals surface area contributed by atoms with Gasteiger partial charge in [-0.05, 0) is 43.7 Å². The molecule has 4 rings (SSSR count). The molecule has 1 saturated heterocycles. The molecule has 1 amide bonds. The lowest BCUT2D eigenvalue weighted by Gasteiger charge is -2.24. The highest BCUT2D eigenvalue weighted by Crippen LogP contribution is 2.22. The predicted octanol–water partition coefficient (Wildman–Crippen LogP) is 3.50. The molecule has 0 saturated carbocycles. The summed E-state index contributed by atoms with van der Waals surface area (Å²) in [4.78, 5) is 19.4. The highest BCUT2D eigenvalue weighted by molar-refractivity contribution is 5.97. The molecule has 1 N–H and O–H groups in total. The van der Waals surface area contributed by atoms with Crippen LogP contribution >= 0.6 is 24.8 Å². The van der Waals surface area contributed by atoms with Crippen LogP contribution in [0.2, 0.25) is 0 Å². The number of benzene rings is 1. The van der Waals surface area contributed by atoms with Gasteiger partial charge in [0.05, 0.1) is 11.3 Å². The first-order chi connectivity index (χ1) is 13.1. The number of likely N-dealkylation sites (N-methyl/N-ethyl adjacent to an activating group) is 1.